The number of amides is 2. The fourth-order valence-corrected chi connectivity index (χ4v) is 4.25. The predicted octanol–water partition coefficient (Wildman–Crippen LogP) is 1.79. The normalized spacial score (nSPS) is 21.4. The van der Waals surface area contributed by atoms with Crippen molar-refractivity contribution >= 4 is 11.8 Å². The molecule has 0 radical (unpaired) electrons. The van der Waals surface area contributed by atoms with Crippen LogP contribution in [0.5, 0.6) is 0 Å². The molecule has 27 heavy (non-hydrogen) atoms. The minimum Gasteiger partial charge on any atom is -0.370 e. The van der Waals surface area contributed by atoms with Crippen LogP contribution in [0.15, 0.2) is 0 Å². The maximum atomic E-state index is 12.4. The fourth-order valence-electron chi connectivity index (χ4n) is 4.25. The Morgan fingerprint density at radius 3 is 2.63 bits per heavy atom. The Balaban J connectivity index is 1.43. The first-order valence-electron chi connectivity index (χ1n) is 10.1. The van der Waals surface area contributed by atoms with Gasteiger partial charge in [0, 0.05) is 50.3 Å². The molecule has 1 aliphatic carbocycles. The smallest absolute Gasteiger partial charge is 0.272 e. The average Bonchev–Trinajstić information content (AvgIpc) is 3.37. The molecule has 2 fully saturated rings. The lowest BCUT2D eigenvalue weighted by Crippen LogP contribution is -2.50. The quantitative estimate of drug-likeness (QED) is 0.872. The average molecular weight is 374 g/mol. The van der Waals surface area contributed by atoms with Crippen LogP contribution in [-0.4, -0.2) is 51.2 Å². The van der Waals surface area contributed by atoms with Gasteiger partial charge in [-0.25, -0.2) is 0 Å². The number of likely N-dealkylation sites (tertiary alicyclic amines) is 1. The van der Waals surface area contributed by atoms with Crippen molar-refractivity contribution in [2.75, 3.05) is 13.1 Å². The number of fused-ring (bicyclic) bond motifs is 1. The van der Waals surface area contributed by atoms with Crippen LogP contribution >= 0.6 is 0 Å². The zero-order valence-electron chi connectivity index (χ0n) is 16.6. The highest BCUT2D eigenvalue weighted by atomic mass is 16.5. The first-order chi connectivity index (χ1) is 12.9. The summed E-state index contributed by atoms with van der Waals surface area (Å²) in [6.45, 7) is 5.83. The molecule has 148 valence electrons. The van der Waals surface area contributed by atoms with Crippen molar-refractivity contribution in [3.05, 3.63) is 17.0 Å². The number of ether oxygens (including phenoxy) is 1. The summed E-state index contributed by atoms with van der Waals surface area (Å²) in [7, 11) is 1.90. The van der Waals surface area contributed by atoms with Gasteiger partial charge in [0.25, 0.3) is 5.91 Å². The van der Waals surface area contributed by atoms with E-state index in [0.29, 0.717) is 30.5 Å². The van der Waals surface area contributed by atoms with Crippen molar-refractivity contribution in [3.63, 3.8) is 0 Å². The Hall–Kier alpha value is -1.89. The molecule has 2 amide bonds. The maximum Gasteiger partial charge on any atom is 0.272 e. The van der Waals surface area contributed by atoms with Crippen LogP contribution in [0.25, 0.3) is 0 Å². The van der Waals surface area contributed by atoms with Crippen molar-refractivity contribution in [1.29, 1.82) is 0 Å². The van der Waals surface area contributed by atoms with Crippen LogP contribution in [0.3, 0.4) is 0 Å². The van der Waals surface area contributed by atoms with E-state index >= 15 is 0 Å². The Bertz CT molecular complexity index is 743. The number of rotatable bonds is 4. The summed E-state index contributed by atoms with van der Waals surface area (Å²) in [5, 5.41) is 7.38. The molecule has 0 unspecified atom stereocenters. The van der Waals surface area contributed by atoms with Crippen LogP contribution < -0.4 is 5.32 Å². The highest BCUT2D eigenvalue weighted by Crippen LogP contribution is 2.38. The predicted molar refractivity (Wildman–Crippen MR) is 100 cm³/mol. The molecule has 0 aromatic carbocycles. The molecule has 1 saturated carbocycles. The molecule has 1 aromatic rings. The second-order valence-corrected chi connectivity index (χ2v) is 8.70. The molecule has 1 N–H and O–H groups in total. The van der Waals surface area contributed by atoms with Crippen molar-refractivity contribution in [2.45, 2.75) is 70.6 Å². The minimum absolute atomic E-state index is 0.0727. The number of nitrogens with zero attached hydrogens (tertiary/aromatic N) is 3. The Morgan fingerprint density at radius 1 is 1.30 bits per heavy atom. The van der Waals surface area contributed by atoms with Crippen LogP contribution in [0.4, 0.5) is 0 Å². The van der Waals surface area contributed by atoms with E-state index in [0.717, 1.165) is 43.6 Å². The number of nitrogens with one attached hydrogen (secondary N) is 1. The standard InChI is InChI=1S/C20H30N4O3/c1-13(2)21-19(26)18-15-12-27-20(11-16(15)23(3)22-18)6-8-24(9-7-20)17(25)10-14-4-5-14/h13-14H,4-12H2,1-3H3,(H,21,26). The SMILES string of the molecule is CC(C)NC(=O)c1nn(C)c2c1COC1(CCN(C(=O)CC3CC3)CC1)C2. The highest BCUT2D eigenvalue weighted by molar-refractivity contribution is 5.94. The number of carbonyl (C=O) groups is 2. The van der Waals surface area contributed by atoms with Crippen LogP contribution in [0, 0.1) is 5.92 Å². The third kappa shape index (κ3) is 3.74. The molecule has 0 bridgehead atoms. The number of hydrogen-bond donors (Lipinski definition) is 1. The second kappa shape index (κ2) is 6.93. The monoisotopic (exact) mass is 374 g/mol. The van der Waals surface area contributed by atoms with E-state index < -0.39 is 0 Å². The summed E-state index contributed by atoms with van der Waals surface area (Å²) in [4.78, 5) is 26.8. The third-order valence-electron chi connectivity index (χ3n) is 6.11. The fraction of sp³-hybridized carbons (Fsp3) is 0.750. The van der Waals surface area contributed by atoms with Gasteiger partial charge in [-0.1, -0.05) is 0 Å². The van der Waals surface area contributed by atoms with Crippen LogP contribution in [0.2, 0.25) is 0 Å². The summed E-state index contributed by atoms with van der Waals surface area (Å²) in [6.07, 6.45) is 5.59. The Kier molecular flexibility index (Phi) is 4.74. The zero-order chi connectivity index (χ0) is 19.2. The van der Waals surface area contributed by atoms with Gasteiger partial charge in [-0.3, -0.25) is 14.3 Å². The number of aromatic nitrogens is 2. The topological polar surface area (TPSA) is 76.5 Å². The van der Waals surface area contributed by atoms with E-state index in [9.17, 15) is 9.59 Å². The highest BCUT2D eigenvalue weighted by Gasteiger charge is 2.42. The molecule has 1 spiro atoms. The van der Waals surface area contributed by atoms with Crippen molar-refractivity contribution in [1.82, 2.24) is 20.0 Å². The number of piperidine rings is 1. The molecular weight excluding hydrogens is 344 g/mol. The second-order valence-electron chi connectivity index (χ2n) is 8.70. The molecule has 3 aliphatic rings. The first-order valence-corrected chi connectivity index (χ1v) is 10.1. The van der Waals surface area contributed by atoms with Gasteiger partial charge in [-0.2, -0.15) is 5.10 Å². The maximum absolute atomic E-state index is 12.4. The van der Waals surface area contributed by atoms with Gasteiger partial charge in [0.2, 0.25) is 5.91 Å². The summed E-state index contributed by atoms with van der Waals surface area (Å²) >= 11 is 0. The lowest BCUT2D eigenvalue weighted by molar-refractivity contribution is -0.141. The van der Waals surface area contributed by atoms with Crippen LogP contribution in [-0.2, 0) is 29.6 Å². The molecule has 7 nitrogen and oxygen atoms in total. The van der Waals surface area contributed by atoms with Crippen molar-refractivity contribution in [3.8, 4) is 0 Å². The van der Waals surface area contributed by atoms with E-state index in [-0.39, 0.29) is 17.6 Å². The number of aryl methyl sites for hydroxylation is 1. The van der Waals surface area contributed by atoms with Crippen molar-refractivity contribution in [2.24, 2.45) is 13.0 Å². The van der Waals surface area contributed by atoms with Gasteiger partial charge < -0.3 is 15.0 Å². The van der Waals surface area contributed by atoms with E-state index in [1.54, 1.807) is 0 Å². The summed E-state index contributed by atoms with van der Waals surface area (Å²) in [5.41, 5.74) is 2.25. The molecule has 0 atom stereocenters. The van der Waals surface area contributed by atoms with E-state index in [1.165, 1.54) is 12.8 Å². The third-order valence-corrected chi connectivity index (χ3v) is 6.11. The van der Waals surface area contributed by atoms with E-state index in [4.69, 9.17) is 4.74 Å². The molecule has 1 saturated heterocycles. The summed E-state index contributed by atoms with van der Waals surface area (Å²) in [5.74, 6) is 0.797. The van der Waals surface area contributed by atoms with Crippen LogP contribution in [0.1, 0.15) is 67.7 Å². The van der Waals surface area contributed by atoms with Gasteiger partial charge >= 0.3 is 0 Å². The Morgan fingerprint density at radius 2 is 2.00 bits per heavy atom. The van der Waals surface area contributed by atoms with E-state index in [2.05, 4.69) is 10.4 Å². The van der Waals surface area contributed by atoms with Gasteiger partial charge in [-0.15, -0.1) is 0 Å². The first kappa shape index (κ1) is 18.5. The number of hydrogen-bond acceptors (Lipinski definition) is 4. The lowest BCUT2D eigenvalue weighted by Gasteiger charge is -2.44. The van der Waals surface area contributed by atoms with Gasteiger partial charge in [-0.05, 0) is 45.4 Å². The Labute approximate surface area is 160 Å². The van der Waals surface area contributed by atoms with Gasteiger partial charge in [0.05, 0.1) is 12.2 Å². The summed E-state index contributed by atoms with van der Waals surface area (Å²) < 4.78 is 8.13. The molecule has 1 aromatic heterocycles. The van der Waals surface area contributed by atoms with E-state index in [1.807, 2.05) is 30.5 Å². The molecule has 2 aliphatic heterocycles. The lowest BCUT2D eigenvalue weighted by atomic mass is 9.83. The van der Waals surface area contributed by atoms with Crippen molar-refractivity contribution < 1.29 is 14.3 Å². The minimum atomic E-state index is -0.233. The van der Waals surface area contributed by atoms with Gasteiger partial charge in [0.15, 0.2) is 5.69 Å². The zero-order valence-corrected chi connectivity index (χ0v) is 16.6. The largest absolute Gasteiger partial charge is 0.370 e. The summed E-state index contributed by atoms with van der Waals surface area (Å²) in [6, 6.07) is 0.0727. The molecule has 3 heterocycles. The molecular formula is C20H30N4O3. The van der Waals surface area contributed by atoms with Gasteiger partial charge in [0.1, 0.15) is 0 Å². The molecule has 4 rings (SSSR count). The molecule has 7 heteroatoms. The number of carbonyl (C=O) groups excluding carboxylic acids is 2.